The number of nitrogens with zero attached hydrogens (tertiary/aromatic N) is 1. The van der Waals surface area contributed by atoms with Gasteiger partial charge in [0, 0.05) is 11.4 Å². The van der Waals surface area contributed by atoms with Gasteiger partial charge < -0.3 is 5.73 Å². The minimum Gasteiger partial charge on any atom is -0.399 e. The van der Waals surface area contributed by atoms with Gasteiger partial charge >= 0.3 is 0 Å². The molecule has 0 heterocycles. The van der Waals surface area contributed by atoms with Crippen LogP contribution in [-0.4, -0.2) is 31.7 Å². The van der Waals surface area contributed by atoms with Crippen molar-refractivity contribution in [1.29, 1.82) is 0 Å². The van der Waals surface area contributed by atoms with Gasteiger partial charge in [0.25, 0.3) is 20.2 Å². The van der Waals surface area contributed by atoms with E-state index in [2.05, 4.69) is 18.8 Å². The summed E-state index contributed by atoms with van der Waals surface area (Å²) in [6, 6.07) is 16.2. The van der Waals surface area contributed by atoms with Crippen molar-refractivity contribution in [1.82, 2.24) is 0 Å². The molecule has 0 saturated carbocycles. The molecule has 0 fully saturated rings. The molecule has 0 saturated heterocycles. The van der Waals surface area contributed by atoms with Crippen LogP contribution in [0.4, 0.5) is 11.4 Å². The maximum atomic E-state index is 12.1. The quantitative estimate of drug-likeness (QED) is 0.149. The number of hydrogen-bond acceptors (Lipinski definition) is 6. The molecule has 0 amide bonds. The van der Waals surface area contributed by atoms with Crippen LogP contribution in [0.5, 0.6) is 0 Å². The molecule has 0 radical (unpaired) electrons. The summed E-state index contributed by atoms with van der Waals surface area (Å²) in [6.07, 6.45) is 3.65. The fourth-order valence-electron chi connectivity index (χ4n) is 3.59. The van der Waals surface area contributed by atoms with Gasteiger partial charge in [0.1, 0.15) is 9.79 Å². The lowest BCUT2D eigenvalue weighted by atomic mass is 9.97. The lowest BCUT2D eigenvalue weighted by molar-refractivity contribution is 0.480. The number of anilines is 1. The van der Waals surface area contributed by atoms with Crippen LogP contribution in [0.2, 0.25) is 0 Å². The Morgan fingerprint density at radius 2 is 1.42 bits per heavy atom. The molecule has 3 aromatic carbocycles. The number of aliphatic imine (C=N–C) groups is 1. The van der Waals surface area contributed by atoms with Crippen molar-refractivity contribution in [3.63, 3.8) is 0 Å². The Labute approximate surface area is 211 Å². The van der Waals surface area contributed by atoms with E-state index >= 15 is 0 Å². The predicted molar refractivity (Wildman–Crippen MR) is 143 cm³/mol. The smallest absolute Gasteiger partial charge is 0.295 e. The van der Waals surface area contributed by atoms with Crippen molar-refractivity contribution in [2.45, 2.75) is 42.9 Å². The van der Waals surface area contributed by atoms with E-state index in [0.717, 1.165) is 18.1 Å². The number of nitrogen functional groups attached to an aromatic ring is 1. The first kappa shape index (κ1) is 27.3. The molecule has 0 aromatic heterocycles. The van der Waals surface area contributed by atoms with E-state index in [4.69, 9.17) is 5.73 Å². The molecule has 0 aliphatic heterocycles. The molecule has 1 unspecified atom stereocenters. The molecule has 4 N–H and O–H groups in total. The molecular weight excluding hydrogens is 500 g/mol. The fourth-order valence-corrected chi connectivity index (χ4v) is 5.01. The summed E-state index contributed by atoms with van der Waals surface area (Å²) in [5, 5.41) is 0. The van der Waals surface area contributed by atoms with Gasteiger partial charge in [-0.2, -0.15) is 16.8 Å². The van der Waals surface area contributed by atoms with Gasteiger partial charge in [-0.25, -0.2) is 0 Å². The van der Waals surface area contributed by atoms with Crippen LogP contribution in [0.15, 0.2) is 75.4 Å². The van der Waals surface area contributed by atoms with E-state index < -0.39 is 30.0 Å². The molecule has 190 valence electrons. The lowest BCUT2D eigenvalue weighted by Gasteiger charge is -2.10. The van der Waals surface area contributed by atoms with Gasteiger partial charge in [-0.1, -0.05) is 62.4 Å². The van der Waals surface area contributed by atoms with Crippen molar-refractivity contribution in [2.24, 2.45) is 4.99 Å². The number of hydrogen-bond donors (Lipinski definition) is 3. The minimum atomic E-state index is -4.63. The molecule has 1 atom stereocenters. The number of nitrogens with two attached hydrogens (primary N) is 1. The van der Waals surface area contributed by atoms with Gasteiger partial charge in [0.15, 0.2) is 0 Å². The first-order valence-corrected chi connectivity index (χ1v) is 14.0. The zero-order valence-electron chi connectivity index (χ0n) is 20.1. The lowest BCUT2D eigenvalue weighted by Crippen LogP contribution is -2.02. The Kier molecular flexibility index (Phi) is 8.15. The molecule has 0 aliphatic carbocycles. The van der Waals surface area contributed by atoms with Crippen molar-refractivity contribution in [3.8, 4) is 0 Å². The molecule has 3 aromatic rings. The first-order valence-electron chi connectivity index (χ1n) is 11.1. The highest BCUT2D eigenvalue weighted by Gasteiger charge is 2.17. The molecule has 36 heavy (non-hydrogen) atoms. The molecule has 0 aliphatic rings. The molecule has 0 bridgehead atoms. The maximum Gasteiger partial charge on any atom is 0.295 e. The summed E-state index contributed by atoms with van der Waals surface area (Å²) >= 11 is 0. The van der Waals surface area contributed by atoms with Crippen molar-refractivity contribution < 1.29 is 25.9 Å². The zero-order chi connectivity index (χ0) is 26.7. The van der Waals surface area contributed by atoms with Crippen LogP contribution >= 0.6 is 0 Å². The Hall–Kier alpha value is -3.31. The summed E-state index contributed by atoms with van der Waals surface area (Å²) in [6.45, 7) is 6.08. The molecule has 3 rings (SSSR count). The second-order valence-electron chi connectivity index (χ2n) is 8.43. The topological polar surface area (TPSA) is 147 Å². The van der Waals surface area contributed by atoms with Gasteiger partial charge in [-0.3, -0.25) is 14.1 Å². The van der Waals surface area contributed by atoms with Gasteiger partial charge in [-0.15, -0.1) is 0 Å². The Morgan fingerprint density at radius 1 is 0.889 bits per heavy atom. The number of benzene rings is 3. The highest BCUT2D eigenvalue weighted by Crippen LogP contribution is 2.27. The van der Waals surface area contributed by atoms with Gasteiger partial charge in [0.2, 0.25) is 0 Å². The van der Waals surface area contributed by atoms with Gasteiger partial charge in [-0.05, 0) is 65.8 Å². The highest BCUT2D eigenvalue weighted by molar-refractivity contribution is 7.86. The monoisotopic (exact) mass is 528 g/mol. The van der Waals surface area contributed by atoms with Crippen molar-refractivity contribution >= 4 is 49.5 Å². The fraction of sp³-hybridized carbons (Fsp3) is 0.192. The first-order chi connectivity index (χ1) is 16.8. The molecular formula is C26H28N2O6S2. The third-order valence-electron chi connectivity index (χ3n) is 5.84. The second-order valence-corrected chi connectivity index (χ2v) is 11.2. The average molecular weight is 529 g/mol. The standard InChI is InChI=1S/C26H28N2O6S2/c1-4-17(2)19-5-7-20(8-6-19)18(3)28-24-14-12-22(26(16-24)36(32,33)34)10-9-21-11-13-23(27)15-25(21)35(29,30)31/h5-17H,4,27H2,1-3H3,(H,29,30,31)(H,32,33,34)/b10-9+,28-18?. The third kappa shape index (κ3) is 6.67. The second kappa shape index (κ2) is 10.8. The van der Waals surface area contributed by atoms with E-state index in [-0.39, 0.29) is 16.8 Å². The predicted octanol–water partition coefficient (Wildman–Crippen LogP) is 5.59. The zero-order valence-corrected chi connectivity index (χ0v) is 21.7. The van der Waals surface area contributed by atoms with Crippen LogP contribution in [0, 0.1) is 0 Å². The van der Waals surface area contributed by atoms with Crippen LogP contribution < -0.4 is 5.73 Å². The summed E-state index contributed by atoms with van der Waals surface area (Å²) < 4.78 is 66.9. The van der Waals surface area contributed by atoms with Crippen molar-refractivity contribution in [2.75, 3.05) is 5.73 Å². The molecule has 0 spiro atoms. The van der Waals surface area contributed by atoms with Crippen LogP contribution in [0.1, 0.15) is 55.4 Å². The Bertz CT molecular complexity index is 1540. The van der Waals surface area contributed by atoms with E-state index in [1.165, 1.54) is 42.0 Å². The Balaban J connectivity index is 1.99. The van der Waals surface area contributed by atoms with E-state index in [1.807, 2.05) is 24.3 Å². The summed E-state index contributed by atoms with van der Waals surface area (Å²) in [5.41, 5.74) is 9.01. The van der Waals surface area contributed by atoms with Gasteiger partial charge in [0.05, 0.1) is 5.69 Å². The van der Waals surface area contributed by atoms with Crippen LogP contribution in [-0.2, 0) is 20.2 Å². The maximum absolute atomic E-state index is 12.1. The van der Waals surface area contributed by atoms with Crippen molar-refractivity contribution in [3.05, 3.63) is 82.9 Å². The summed E-state index contributed by atoms with van der Waals surface area (Å²) in [5.74, 6) is 0.441. The number of rotatable bonds is 8. The SMILES string of the molecule is CCC(C)c1ccc(C(C)=Nc2ccc(/C=C/c3ccc(N)cc3S(=O)(=O)O)c(S(=O)(=O)O)c2)cc1. The largest absolute Gasteiger partial charge is 0.399 e. The average Bonchev–Trinajstić information content (AvgIpc) is 2.82. The van der Waals surface area contributed by atoms with E-state index in [9.17, 15) is 25.9 Å². The summed E-state index contributed by atoms with van der Waals surface area (Å²) in [4.78, 5) is 3.68. The van der Waals surface area contributed by atoms with Crippen LogP contribution in [0.3, 0.4) is 0 Å². The summed E-state index contributed by atoms with van der Waals surface area (Å²) in [7, 11) is -9.20. The Morgan fingerprint density at radius 3 is 1.94 bits per heavy atom. The minimum absolute atomic E-state index is 0.0896. The van der Waals surface area contributed by atoms with E-state index in [1.54, 1.807) is 13.0 Å². The van der Waals surface area contributed by atoms with Crippen LogP contribution in [0.25, 0.3) is 12.2 Å². The molecule has 8 nitrogen and oxygen atoms in total. The molecule has 10 heteroatoms. The highest BCUT2D eigenvalue weighted by atomic mass is 32.2. The van der Waals surface area contributed by atoms with E-state index in [0.29, 0.717) is 17.3 Å². The normalized spacial score (nSPS) is 13.8. The third-order valence-corrected chi connectivity index (χ3v) is 7.66.